The molecular weight excluding hydrogens is 537 g/mol. The van der Waals surface area contributed by atoms with Gasteiger partial charge in [-0.05, 0) is 76.0 Å². The molecule has 0 aromatic heterocycles. The van der Waals surface area contributed by atoms with Gasteiger partial charge in [-0.3, -0.25) is 14.5 Å². The number of carbonyl (C=O) groups excluding carboxylic acids is 3. The molecule has 2 bridgehead atoms. The van der Waals surface area contributed by atoms with E-state index in [-0.39, 0.29) is 42.2 Å². The van der Waals surface area contributed by atoms with Crippen molar-refractivity contribution >= 4 is 17.9 Å². The zero-order valence-corrected chi connectivity index (χ0v) is 25.2. The minimum absolute atomic E-state index is 0.0271. The first kappa shape index (κ1) is 30.3. The van der Waals surface area contributed by atoms with Crippen LogP contribution in [0.2, 0.25) is 0 Å². The van der Waals surface area contributed by atoms with E-state index in [1.165, 1.54) is 18.6 Å². The first-order chi connectivity index (χ1) is 19.9. The molecule has 3 saturated heterocycles. The van der Waals surface area contributed by atoms with Gasteiger partial charge in [0.25, 0.3) is 0 Å². The van der Waals surface area contributed by atoms with Crippen molar-refractivity contribution in [3.8, 4) is 6.07 Å². The second-order valence-electron chi connectivity index (χ2n) is 13.7. The largest absolute Gasteiger partial charge is 0.444 e. The minimum Gasteiger partial charge on any atom is -0.444 e. The average Bonchev–Trinajstić information content (AvgIpc) is 3.61. The van der Waals surface area contributed by atoms with E-state index in [1.54, 1.807) is 25.7 Å². The van der Waals surface area contributed by atoms with Crippen LogP contribution < -0.4 is 5.32 Å². The van der Waals surface area contributed by atoms with Gasteiger partial charge in [0.2, 0.25) is 11.8 Å². The first-order valence-corrected chi connectivity index (χ1v) is 15.5. The summed E-state index contributed by atoms with van der Waals surface area (Å²) < 4.78 is 19.3. The van der Waals surface area contributed by atoms with Gasteiger partial charge >= 0.3 is 6.09 Å². The third-order valence-electron chi connectivity index (χ3n) is 9.27. The number of likely N-dealkylation sites (tertiary alicyclic amines) is 3. The monoisotopic (exact) mass is 581 g/mol. The number of hydrogen-bond donors (Lipinski definition) is 1. The van der Waals surface area contributed by atoms with Crippen molar-refractivity contribution in [2.24, 2.45) is 11.8 Å². The van der Waals surface area contributed by atoms with Gasteiger partial charge in [-0.25, -0.2) is 9.18 Å². The maximum absolute atomic E-state index is 14.0. The van der Waals surface area contributed by atoms with E-state index in [4.69, 9.17) is 4.74 Å². The molecule has 3 heterocycles. The van der Waals surface area contributed by atoms with Crippen LogP contribution in [0.25, 0.3) is 0 Å². The molecule has 3 amide bonds. The Labute approximate surface area is 248 Å². The highest BCUT2D eigenvalue weighted by Gasteiger charge is 2.54. The number of rotatable bonds is 7. The lowest BCUT2D eigenvalue weighted by Crippen LogP contribution is -2.59. The second-order valence-corrected chi connectivity index (χ2v) is 13.7. The van der Waals surface area contributed by atoms with Crippen molar-refractivity contribution in [1.82, 2.24) is 20.0 Å². The van der Waals surface area contributed by atoms with Crippen molar-refractivity contribution in [3.05, 3.63) is 35.6 Å². The fraction of sp³-hybridized carbons (Fsp3) is 0.688. The summed E-state index contributed by atoms with van der Waals surface area (Å²) in [5.41, 5.74) is 0.230. The van der Waals surface area contributed by atoms with Crippen molar-refractivity contribution < 1.29 is 23.5 Å². The second kappa shape index (κ2) is 12.2. The third kappa shape index (κ3) is 6.41. The molecule has 42 heavy (non-hydrogen) atoms. The lowest BCUT2D eigenvalue weighted by Gasteiger charge is -2.44. The summed E-state index contributed by atoms with van der Waals surface area (Å²) in [7, 11) is 0. The summed E-state index contributed by atoms with van der Waals surface area (Å²) in [6, 6.07) is 6.77. The summed E-state index contributed by atoms with van der Waals surface area (Å²) in [6.45, 7) is 8.47. The average molecular weight is 582 g/mol. The number of amides is 3. The number of alkyl carbamates (subject to hydrolysis) is 1. The quantitative estimate of drug-likeness (QED) is 0.512. The van der Waals surface area contributed by atoms with E-state index in [1.807, 2.05) is 28.9 Å². The van der Waals surface area contributed by atoms with Crippen LogP contribution in [0.1, 0.15) is 84.2 Å². The zero-order chi connectivity index (χ0) is 30.2. The molecule has 4 aliphatic rings. The summed E-state index contributed by atoms with van der Waals surface area (Å²) in [6.07, 6.45) is 6.08. The summed E-state index contributed by atoms with van der Waals surface area (Å²) in [5.74, 6) is -0.0820. The molecule has 1 aromatic rings. The number of carbonyl (C=O) groups is 3. The van der Waals surface area contributed by atoms with Crippen LogP contribution in [-0.4, -0.2) is 82.0 Å². The fourth-order valence-electron chi connectivity index (χ4n) is 7.51. The third-order valence-corrected chi connectivity index (χ3v) is 9.27. The molecule has 0 spiro atoms. The minimum atomic E-state index is -0.951. The number of nitrogens with zero attached hydrogens (tertiary/aromatic N) is 4. The number of nitrogens with one attached hydrogen (secondary N) is 1. The van der Waals surface area contributed by atoms with E-state index in [0.717, 1.165) is 31.2 Å². The lowest BCUT2D eigenvalue weighted by molar-refractivity contribution is -0.143. The summed E-state index contributed by atoms with van der Waals surface area (Å²) >= 11 is 0. The normalized spacial score (nSPS) is 28.0. The van der Waals surface area contributed by atoms with Crippen LogP contribution in [0.4, 0.5) is 9.18 Å². The van der Waals surface area contributed by atoms with Gasteiger partial charge in [-0.15, -0.1) is 0 Å². The van der Waals surface area contributed by atoms with Crippen molar-refractivity contribution in [2.75, 3.05) is 19.6 Å². The van der Waals surface area contributed by atoms with Gasteiger partial charge in [0, 0.05) is 25.7 Å². The molecular formula is C32H44FN5O4. The summed E-state index contributed by atoms with van der Waals surface area (Å²) in [5, 5.41) is 12.4. The number of hydrogen-bond acceptors (Lipinski definition) is 6. The van der Waals surface area contributed by atoms with Crippen LogP contribution >= 0.6 is 0 Å². The van der Waals surface area contributed by atoms with Gasteiger partial charge in [0.15, 0.2) is 0 Å². The first-order valence-electron chi connectivity index (χ1n) is 15.5. The number of nitriles is 1. The Hall–Kier alpha value is -3.19. The van der Waals surface area contributed by atoms with Gasteiger partial charge in [-0.1, -0.05) is 38.3 Å². The molecule has 1 aromatic carbocycles. The predicted octanol–water partition coefficient (Wildman–Crippen LogP) is 4.39. The van der Waals surface area contributed by atoms with E-state index < -0.39 is 29.8 Å². The molecule has 1 aliphatic carbocycles. The molecule has 9 nitrogen and oxygen atoms in total. The van der Waals surface area contributed by atoms with E-state index >= 15 is 0 Å². The molecule has 10 heteroatoms. The SMILES string of the molecule is CC1CC(C#N)N(C(=O)C(CN2C[C@@H]3CC2C(=O)N3C(c2ccc(F)cc2)C2CCCCC2)NC(=O)OC(C)(C)C)C1. The van der Waals surface area contributed by atoms with E-state index in [2.05, 4.69) is 11.4 Å². The number of piperazine rings is 1. The van der Waals surface area contributed by atoms with Gasteiger partial charge in [-0.2, -0.15) is 5.26 Å². The molecule has 5 rings (SSSR count). The maximum Gasteiger partial charge on any atom is 0.408 e. The molecule has 5 unspecified atom stereocenters. The summed E-state index contributed by atoms with van der Waals surface area (Å²) in [4.78, 5) is 46.2. The zero-order valence-electron chi connectivity index (χ0n) is 25.2. The predicted molar refractivity (Wildman–Crippen MR) is 154 cm³/mol. The highest BCUT2D eigenvalue weighted by Crippen LogP contribution is 2.45. The van der Waals surface area contributed by atoms with Crippen LogP contribution in [0.15, 0.2) is 24.3 Å². The Morgan fingerprint density at radius 1 is 1.12 bits per heavy atom. The number of halogens is 1. The number of ether oxygens (including phenoxy) is 1. The Morgan fingerprint density at radius 2 is 1.81 bits per heavy atom. The molecule has 1 N–H and O–H groups in total. The lowest BCUT2D eigenvalue weighted by atomic mass is 9.80. The number of fused-ring (bicyclic) bond motifs is 2. The maximum atomic E-state index is 14.0. The van der Waals surface area contributed by atoms with Crippen LogP contribution in [0.5, 0.6) is 0 Å². The Balaban J connectivity index is 1.35. The standard InChI is InChI=1S/C32H44FN5O4/c1-20-14-24(16-34)37(17-20)29(39)26(35-31(41)42-32(2,3)4)19-36-18-25-15-27(36)30(40)38(25)28(21-8-6-5-7-9-21)22-10-12-23(33)13-11-22/h10-13,20-21,24-28H,5-9,14-15,17-19H2,1-4H3,(H,35,41)/t20?,24?,25-,26?,27?,28?/m0/s1. The van der Waals surface area contributed by atoms with E-state index in [0.29, 0.717) is 31.8 Å². The topological polar surface area (TPSA) is 106 Å². The van der Waals surface area contributed by atoms with Crippen molar-refractivity contribution in [1.29, 1.82) is 5.26 Å². The molecule has 4 fully saturated rings. The molecule has 0 radical (unpaired) electrons. The van der Waals surface area contributed by atoms with Crippen LogP contribution in [0.3, 0.4) is 0 Å². The molecule has 1 saturated carbocycles. The Morgan fingerprint density at radius 3 is 2.43 bits per heavy atom. The smallest absolute Gasteiger partial charge is 0.408 e. The Kier molecular flexibility index (Phi) is 8.79. The number of benzene rings is 1. The molecule has 228 valence electrons. The highest BCUT2D eigenvalue weighted by molar-refractivity contribution is 5.88. The van der Waals surface area contributed by atoms with Gasteiger partial charge in [0.1, 0.15) is 23.5 Å². The molecule has 6 atom stereocenters. The van der Waals surface area contributed by atoms with Crippen molar-refractivity contribution in [2.45, 2.75) is 108 Å². The van der Waals surface area contributed by atoms with Crippen LogP contribution in [-0.2, 0) is 14.3 Å². The van der Waals surface area contributed by atoms with E-state index in [9.17, 15) is 24.0 Å². The van der Waals surface area contributed by atoms with Crippen molar-refractivity contribution in [3.63, 3.8) is 0 Å². The van der Waals surface area contributed by atoms with Crippen LogP contribution in [0, 0.1) is 29.0 Å². The van der Waals surface area contributed by atoms with Gasteiger partial charge in [0.05, 0.1) is 18.2 Å². The van der Waals surface area contributed by atoms with Gasteiger partial charge < -0.3 is 19.9 Å². The highest BCUT2D eigenvalue weighted by atomic mass is 19.1. The fourth-order valence-corrected chi connectivity index (χ4v) is 7.51. The molecule has 3 aliphatic heterocycles. The Bertz CT molecular complexity index is 1200.